The molecule has 0 radical (unpaired) electrons. The second-order valence-electron chi connectivity index (χ2n) is 6.72. The Morgan fingerprint density at radius 2 is 1.62 bits per heavy atom. The molecule has 168 valence electrons. The maximum absolute atomic E-state index is 11.4. The summed E-state index contributed by atoms with van der Waals surface area (Å²) in [6, 6.07) is -1.10. The van der Waals surface area contributed by atoms with E-state index in [2.05, 4.69) is 5.32 Å². The van der Waals surface area contributed by atoms with E-state index in [0.717, 1.165) is 7.11 Å². The van der Waals surface area contributed by atoms with Crippen LogP contribution in [0.3, 0.4) is 0 Å². The predicted octanol–water partition coefficient (Wildman–Crippen LogP) is -3.85. The van der Waals surface area contributed by atoms with Crippen molar-refractivity contribution in [1.82, 2.24) is 5.32 Å². The van der Waals surface area contributed by atoms with E-state index in [1.165, 1.54) is 14.0 Å². The molecule has 13 heteroatoms. The van der Waals surface area contributed by atoms with Gasteiger partial charge in [0.1, 0.15) is 42.7 Å². The molecule has 2 aliphatic heterocycles. The Bertz CT molecular complexity index is 576. The van der Waals surface area contributed by atoms with Gasteiger partial charge in [-0.25, -0.2) is 4.79 Å². The number of aliphatic carboxylic acids is 1. The predicted molar refractivity (Wildman–Crippen MR) is 90.3 cm³/mol. The lowest BCUT2D eigenvalue weighted by Crippen LogP contribution is -2.67. The molecule has 4 unspecified atom stereocenters. The molecule has 1 amide bonds. The molecule has 10 atom stereocenters. The largest absolute Gasteiger partial charge is 0.479 e. The number of methoxy groups -OCH3 is 2. The van der Waals surface area contributed by atoms with Crippen LogP contribution < -0.4 is 5.32 Å². The van der Waals surface area contributed by atoms with Crippen molar-refractivity contribution in [2.75, 3.05) is 20.8 Å². The third-order valence-electron chi connectivity index (χ3n) is 4.81. The lowest BCUT2D eigenvalue weighted by atomic mass is 9.95. The van der Waals surface area contributed by atoms with Gasteiger partial charge in [-0.1, -0.05) is 0 Å². The van der Waals surface area contributed by atoms with Gasteiger partial charge in [-0.3, -0.25) is 4.79 Å². The summed E-state index contributed by atoms with van der Waals surface area (Å²) in [5.41, 5.74) is 0. The minimum absolute atomic E-state index is 0.501. The first-order valence-electron chi connectivity index (χ1n) is 8.83. The van der Waals surface area contributed by atoms with E-state index in [1.807, 2.05) is 0 Å². The van der Waals surface area contributed by atoms with Crippen LogP contribution in [0, 0.1) is 0 Å². The Balaban J connectivity index is 2.24. The molecular weight excluding hydrogens is 398 g/mol. The number of amides is 1. The maximum Gasteiger partial charge on any atom is 0.335 e. The Kier molecular flexibility index (Phi) is 8.28. The van der Waals surface area contributed by atoms with Crippen molar-refractivity contribution in [1.29, 1.82) is 0 Å². The van der Waals surface area contributed by atoms with Crippen molar-refractivity contribution in [3.8, 4) is 0 Å². The fraction of sp³-hybridized carbons (Fsp3) is 0.875. The van der Waals surface area contributed by atoms with Crippen molar-refractivity contribution >= 4 is 11.9 Å². The first kappa shape index (κ1) is 23.9. The molecule has 6 N–H and O–H groups in total. The summed E-state index contributed by atoms with van der Waals surface area (Å²) in [4.78, 5) is 22.9. The molecule has 13 nitrogen and oxygen atoms in total. The van der Waals surface area contributed by atoms with Gasteiger partial charge in [0.25, 0.3) is 0 Å². The third kappa shape index (κ3) is 5.02. The quantitative estimate of drug-likeness (QED) is 0.233. The average Bonchev–Trinajstić information content (AvgIpc) is 2.67. The van der Waals surface area contributed by atoms with E-state index in [9.17, 15) is 35.1 Å². The summed E-state index contributed by atoms with van der Waals surface area (Å²) < 4.78 is 26.2. The minimum Gasteiger partial charge on any atom is -0.479 e. The topological polar surface area (TPSA) is 193 Å². The fourth-order valence-electron chi connectivity index (χ4n) is 3.39. The number of nitrogens with one attached hydrogen (secondary N) is 1. The van der Waals surface area contributed by atoms with Crippen LogP contribution in [0.1, 0.15) is 6.92 Å². The van der Waals surface area contributed by atoms with Crippen molar-refractivity contribution < 1.29 is 58.8 Å². The molecule has 29 heavy (non-hydrogen) atoms. The molecule has 0 bridgehead atoms. The number of carboxylic acids is 1. The number of hydrogen-bond donors (Lipinski definition) is 6. The molecular formula is C16H27NO12. The number of carbonyl (C=O) groups is 2. The smallest absolute Gasteiger partial charge is 0.335 e. The summed E-state index contributed by atoms with van der Waals surface area (Å²) in [5.74, 6) is -1.97. The molecule has 0 aromatic heterocycles. The van der Waals surface area contributed by atoms with E-state index >= 15 is 0 Å². The lowest BCUT2D eigenvalue weighted by molar-refractivity contribution is -0.343. The molecule has 0 aromatic rings. The van der Waals surface area contributed by atoms with Crippen molar-refractivity contribution in [3.63, 3.8) is 0 Å². The monoisotopic (exact) mass is 425 g/mol. The summed E-state index contributed by atoms with van der Waals surface area (Å²) in [5, 5.41) is 52.5. The van der Waals surface area contributed by atoms with Crippen LogP contribution in [0.4, 0.5) is 0 Å². The number of rotatable bonds is 7. The normalized spacial score (nSPS) is 43.0. The molecule has 0 aliphatic carbocycles. The number of carbonyl (C=O) groups excluding carboxylic acids is 1. The van der Waals surface area contributed by atoms with Gasteiger partial charge in [-0.15, -0.1) is 0 Å². The van der Waals surface area contributed by atoms with E-state index in [4.69, 9.17) is 23.7 Å². The van der Waals surface area contributed by atoms with Gasteiger partial charge in [0.05, 0.1) is 6.61 Å². The highest BCUT2D eigenvalue weighted by atomic mass is 16.7. The van der Waals surface area contributed by atoms with Crippen LogP contribution >= 0.6 is 0 Å². The van der Waals surface area contributed by atoms with Gasteiger partial charge in [-0.2, -0.15) is 0 Å². The molecule has 0 aromatic carbocycles. The van der Waals surface area contributed by atoms with Crippen LogP contribution in [0.15, 0.2) is 0 Å². The molecule has 2 rings (SSSR count). The van der Waals surface area contributed by atoms with E-state index in [1.54, 1.807) is 0 Å². The number of aliphatic hydroxyl groups excluding tert-OH is 4. The van der Waals surface area contributed by atoms with Gasteiger partial charge in [-0.05, 0) is 0 Å². The zero-order valence-corrected chi connectivity index (χ0v) is 16.1. The van der Waals surface area contributed by atoms with E-state index < -0.39 is 79.8 Å². The number of hydrogen-bond acceptors (Lipinski definition) is 11. The average molecular weight is 425 g/mol. The summed E-state index contributed by atoms with van der Waals surface area (Å²) in [7, 11) is 2.42. The Hall–Kier alpha value is -1.42. The van der Waals surface area contributed by atoms with Crippen LogP contribution in [0.25, 0.3) is 0 Å². The highest BCUT2D eigenvalue weighted by Crippen LogP contribution is 2.30. The SMILES string of the molecule is CO[C@H]1OC(CO)[C@@H](O[C@@H]2OC(C(=O)O)[C@@H](OC)[C@H](O)C2O)C(O)[C@@H]1NC(C)=O. The van der Waals surface area contributed by atoms with Crippen molar-refractivity contribution in [3.05, 3.63) is 0 Å². The standard InChI is InChI=1S/C16H27NO12/c1-5(19)17-7-8(20)11(6(4-18)27-15(7)26-3)28-16-10(22)9(21)12(25-2)13(29-16)14(23)24/h6-13,15-16,18,20-22H,4H2,1-3H3,(H,17,19)(H,23,24)/t6?,7-,8?,9+,10?,11+,12-,13?,15-,16+/m0/s1. The summed E-state index contributed by atoms with van der Waals surface area (Å²) in [6.45, 7) is 0.572. The summed E-state index contributed by atoms with van der Waals surface area (Å²) >= 11 is 0. The highest BCUT2D eigenvalue weighted by molar-refractivity contribution is 5.73. The van der Waals surface area contributed by atoms with Crippen LogP contribution in [0.2, 0.25) is 0 Å². The minimum atomic E-state index is -1.73. The van der Waals surface area contributed by atoms with E-state index in [0.29, 0.717) is 0 Å². The molecule has 2 heterocycles. The molecule has 2 aliphatic rings. The number of carboxylic acid groups (broad SMARTS) is 1. The Morgan fingerprint density at radius 3 is 2.10 bits per heavy atom. The van der Waals surface area contributed by atoms with Gasteiger partial charge in [0.2, 0.25) is 5.91 Å². The van der Waals surface area contributed by atoms with Gasteiger partial charge >= 0.3 is 5.97 Å². The van der Waals surface area contributed by atoms with Crippen LogP contribution in [-0.4, -0.2) is 120 Å². The molecule has 2 fully saturated rings. The van der Waals surface area contributed by atoms with Gasteiger partial charge in [0.15, 0.2) is 18.7 Å². The Morgan fingerprint density at radius 1 is 0.966 bits per heavy atom. The van der Waals surface area contributed by atoms with Crippen molar-refractivity contribution in [2.24, 2.45) is 0 Å². The summed E-state index contributed by atoms with van der Waals surface area (Å²) in [6.07, 6.45) is -13.3. The second kappa shape index (κ2) is 10.1. The zero-order chi connectivity index (χ0) is 21.9. The zero-order valence-electron chi connectivity index (χ0n) is 16.1. The Labute approximate surface area is 166 Å². The highest BCUT2D eigenvalue weighted by Gasteiger charge is 2.52. The first-order chi connectivity index (χ1) is 13.7. The second-order valence-corrected chi connectivity index (χ2v) is 6.72. The third-order valence-corrected chi connectivity index (χ3v) is 4.81. The number of aliphatic hydroxyl groups is 4. The van der Waals surface area contributed by atoms with Crippen LogP contribution in [-0.2, 0) is 33.3 Å². The molecule has 0 saturated carbocycles. The molecule has 0 spiro atoms. The van der Waals surface area contributed by atoms with Crippen molar-refractivity contribution in [2.45, 2.75) is 68.3 Å². The van der Waals surface area contributed by atoms with Gasteiger partial charge < -0.3 is 54.5 Å². The van der Waals surface area contributed by atoms with Crippen LogP contribution in [0.5, 0.6) is 0 Å². The molecule has 2 saturated heterocycles. The first-order valence-corrected chi connectivity index (χ1v) is 8.83. The lowest BCUT2D eigenvalue weighted by Gasteiger charge is -2.46. The van der Waals surface area contributed by atoms with Gasteiger partial charge in [0, 0.05) is 21.1 Å². The van der Waals surface area contributed by atoms with E-state index in [-0.39, 0.29) is 0 Å². The number of ether oxygens (including phenoxy) is 5. The fourth-order valence-corrected chi connectivity index (χ4v) is 3.39. The maximum atomic E-state index is 11.4.